The van der Waals surface area contributed by atoms with Crippen molar-refractivity contribution in [3.05, 3.63) is 58.5 Å². The van der Waals surface area contributed by atoms with Crippen LogP contribution in [-0.4, -0.2) is 50.2 Å². The van der Waals surface area contributed by atoms with E-state index >= 15 is 0 Å². The van der Waals surface area contributed by atoms with Gasteiger partial charge in [-0.25, -0.2) is 9.37 Å². The van der Waals surface area contributed by atoms with Crippen molar-refractivity contribution in [2.24, 2.45) is 0 Å². The summed E-state index contributed by atoms with van der Waals surface area (Å²) in [6.07, 6.45) is 2.13. The van der Waals surface area contributed by atoms with E-state index in [0.29, 0.717) is 12.2 Å². The first kappa shape index (κ1) is 29.2. The summed E-state index contributed by atoms with van der Waals surface area (Å²) in [6, 6.07) is 7.18. The zero-order valence-corrected chi connectivity index (χ0v) is 24.1. The maximum absolute atomic E-state index is 14.7. The van der Waals surface area contributed by atoms with Crippen molar-refractivity contribution >= 4 is 63.3 Å². The maximum atomic E-state index is 14.7. The van der Waals surface area contributed by atoms with E-state index in [-0.39, 0.29) is 43.9 Å². The minimum atomic E-state index is -5.20. The Hall–Kier alpha value is -2.36. The van der Waals surface area contributed by atoms with Crippen molar-refractivity contribution in [3.8, 4) is 11.5 Å². The van der Waals surface area contributed by atoms with Crippen LogP contribution in [0.5, 0.6) is 11.5 Å². The molecule has 0 saturated heterocycles. The third-order valence-corrected chi connectivity index (χ3v) is 6.40. The Morgan fingerprint density at radius 3 is 2.59 bits per heavy atom. The van der Waals surface area contributed by atoms with Gasteiger partial charge in [0.15, 0.2) is 5.82 Å². The number of aromatic nitrogens is 2. The van der Waals surface area contributed by atoms with Crippen molar-refractivity contribution < 1.29 is 25.4 Å². The number of nitrogens with zero attached hydrogens (tertiary/aromatic N) is 3. The van der Waals surface area contributed by atoms with Gasteiger partial charge in [-0.15, -0.1) is 0 Å². The largest absolute Gasteiger partial charge is 0.488 e. The summed E-state index contributed by atoms with van der Waals surface area (Å²) in [5.74, 6) is -0.204. The van der Waals surface area contributed by atoms with E-state index in [9.17, 15) is 16.7 Å². The quantitative estimate of drug-likeness (QED) is 0.262. The van der Waals surface area contributed by atoms with Gasteiger partial charge in [0.05, 0.1) is 25.7 Å². The van der Waals surface area contributed by atoms with Crippen LogP contribution in [0, 0.1) is 5.82 Å². The fourth-order valence-corrected chi connectivity index (χ4v) is 4.64. The summed E-state index contributed by atoms with van der Waals surface area (Å²) in [7, 11) is -4.13. The summed E-state index contributed by atoms with van der Waals surface area (Å²) in [5.41, 5.74) is 2.60. The van der Waals surface area contributed by atoms with Crippen molar-refractivity contribution in [1.82, 2.24) is 14.9 Å². The molecule has 0 saturated carbocycles. The Bertz CT molecular complexity index is 1400. The number of halogens is 3. The molecule has 0 aliphatic carbocycles. The molecule has 37 heavy (non-hydrogen) atoms. The van der Waals surface area contributed by atoms with Gasteiger partial charge in [0.25, 0.3) is 0 Å². The normalized spacial score (nSPS) is 13.5. The predicted octanol–water partition coefficient (Wildman–Crippen LogP) is 5.43. The third-order valence-electron chi connectivity index (χ3n) is 5.17. The highest BCUT2D eigenvalue weighted by molar-refractivity contribution is 7.81. The summed E-state index contributed by atoms with van der Waals surface area (Å²) in [4.78, 5) is 10.6. The van der Waals surface area contributed by atoms with Crippen LogP contribution in [0.4, 0.5) is 31.4 Å². The highest BCUT2D eigenvalue weighted by Crippen LogP contribution is 2.40. The fourth-order valence-electron chi connectivity index (χ4n) is 3.62. The molecule has 1 atom stereocenters. The van der Waals surface area contributed by atoms with Crippen LogP contribution >= 0.6 is 29.6 Å². The van der Waals surface area contributed by atoms with Crippen molar-refractivity contribution in [3.63, 3.8) is 0 Å². The molecule has 0 spiro atoms. The average Bonchev–Trinajstić information content (AvgIpc) is 2.77. The number of benzene rings is 2. The molecule has 2 heterocycles. The van der Waals surface area contributed by atoms with Crippen LogP contribution in [0.2, 0.25) is 5.02 Å². The van der Waals surface area contributed by atoms with Crippen LogP contribution in [0.15, 0.2) is 36.5 Å². The summed E-state index contributed by atoms with van der Waals surface area (Å²) >= 11 is 6.28. The van der Waals surface area contributed by atoms with Crippen molar-refractivity contribution in [1.29, 1.82) is 0 Å². The first-order valence-electron chi connectivity index (χ1n) is 10.7. The van der Waals surface area contributed by atoms with E-state index in [1.165, 1.54) is 30.5 Å². The summed E-state index contributed by atoms with van der Waals surface area (Å²) in [6.45, 7) is 5.23. The number of hydrogen-bond donors (Lipinski definition) is 2. The van der Waals surface area contributed by atoms with Crippen LogP contribution in [-0.2, 0) is 23.5 Å². The standard InChI is InChI=1S/C22H23ClF2N5O4PS.H3P/c1-30-7-6-13-8-17(24)19(9-14(13)12-30)28-22-26-11-16(23)21(29-22)27-18-5-4-15(34-36(25,31)32)10-20(18)33-35(2)3;/h4-5,8-11H,6-7,12H2,1-3H3,(H2,26,27,28,29);1H3. The first-order valence-corrected chi connectivity index (χ1v) is 14.5. The molecule has 0 fully saturated rings. The summed E-state index contributed by atoms with van der Waals surface area (Å²) in [5, 5.41) is 6.06. The lowest BCUT2D eigenvalue weighted by molar-refractivity contribution is 0.312. The van der Waals surface area contributed by atoms with Gasteiger partial charge >= 0.3 is 10.5 Å². The van der Waals surface area contributed by atoms with Crippen LogP contribution in [0.1, 0.15) is 11.1 Å². The Balaban J connectivity index is 0.00000380. The Morgan fingerprint density at radius 1 is 1.14 bits per heavy atom. The molecular formula is C22H26ClF2N5O4P2S. The van der Waals surface area contributed by atoms with Gasteiger partial charge in [-0.1, -0.05) is 15.5 Å². The molecule has 200 valence electrons. The second kappa shape index (κ2) is 12.0. The molecule has 3 aromatic rings. The number of rotatable bonds is 8. The second-order valence-corrected chi connectivity index (χ2v) is 11.4. The predicted molar refractivity (Wildman–Crippen MR) is 148 cm³/mol. The first-order chi connectivity index (χ1) is 17.0. The molecule has 2 N–H and O–H groups in total. The lowest BCUT2D eigenvalue weighted by Crippen LogP contribution is -2.26. The van der Waals surface area contributed by atoms with Gasteiger partial charge in [0, 0.05) is 19.2 Å². The molecule has 1 aliphatic rings. The van der Waals surface area contributed by atoms with E-state index in [1.54, 1.807) is 6.07 Å². The minimum absolute atomic E-state index is 0. The van der Waals surface area contributed by atoms with Crippen molar-refractivity contribution in [2.45, 2.75) is 13.0 Å². The number of likely N-dealkylation sites (N-methyl/N-ethyl adjacent to an activating group) is 1. The Labute approximate surface area is 223 Å². The fraction of sp³-hybridized carbons (Fsp3) is 0.273. The van der Waals surface area contributed by atoms with E-state index in [4.69, 9.17) is 16.1 Å². The molecule has 0 amide bonds. The van der Waals surface area contributed by atoms with E-state index in [1.807, 2.05) is 20.4 Å². The Kier molecular flexibility index (Phi) is 9.47. The monoisotopic (exact) mass is 591 g/mol. The third kappa shape index (κ3) is 7.82. The van der Waals surface area contributed by atoms with Crippen LogP contribution in [0.25, 0.3) is 0 Å². The van der Waals surface area contributed by atoms with E-state index in [2.05, 4.69) is 29.7 Å². The number of fused-ring (bicyclic) bond motifs is 1. The molecule has 9 nitrogen and oxygen atoms in total. The van der Waals surface area contributed by atoms with Gasteiger partial charge in [-0.05, 0) is 62.2 Å². The number of hydrogen-bond acceptors (Lipinski definition) is 9. The zero-order valence-electron chi connectivity index (χ0n) is 20.3. The number of anilines is 4. The number of nitrogens with one attached hydrogen (secondary N) is 2. The van der Waals surface area contributed by atoms with E-state index < -0.39 is 24.5 Å². The molecular weight excluding hydrogens is 566 g/mol. The minimum Gasteiger partial charge on any atom is -0.472 e. The van der Waals surface area contributed by atoms with Crippen molar-refractivity contribution in [2.75, 3.05) is 37.6 Å². The smallest absolute Gasteiger partial charge is 0.472 e. The SMILES string of the molecule is CN1CCc2cc(F)c(Nc3ncc(Cl)c(Nc4ccc(OS(=O)(=O)F)cc4OP(C)C)n3)cc2C1.P. The molecule has 1 unspecified atom stereocenters. The molecule has 4 rings (SSSR count). The lowest BCUT2D eigenvalue weighted by Gasteiger charge is -2.25. The molecule has 15 heteroatoms. The lowest BCUT2D eigenvalue weighted by atomic mass is 9.99. The molecule has 0 bridgehead atoms. The maximum Gasteiger partial charge on any atom is 0.488 e. The van der Waals surface area contributed by atoms with Gasteiger partial charge < -0.3 is 24.2 Å². The second-order valence-electron chi connectivity index (χ2n) is 8.27. The molecule has 0 radical (unpaired) electrons. The van der Waals surface area contributed by atoms with Crippen LogP contribution in [0.3, 0.4) is 0 Å². The van der Waals surface area contributed by atoms with Gasteiger partial charge in [-0.3, -0.25) is 0 Å². The van der Waals surface area contributed by atoms with Gasteiger partial charge in [0.2, 0.25) is 5.95 Å². The highest BCUT2D eigenvalue weighted by atomic mass is 35.5. The summed E-state index contributed by atoms with van der Waals surface area (Å²) < 4.78 is 59.5. The highest BCUT2D eigenvalue weighted by Gasteiger charge is 2.18. The zero-order chi connectivity index (χ0) is 26.0. The van der Waals surface area contributed by atoms with E-state index in [0.717, 1.165) is 24.1 Å². The topological polar surface area (TPSA) is 106 Å². The van der Waals surface area contributed by atoms with Crippen LogP contribution < -0.4 is 19.3 Å². The molecule has 1 aliphatic heterocycles. The Morgan fingerprint density at radius 2 is 1.89 bits per heavy atom. The van der Waals surface area contributed by atoms with Gasteiger partial charge in [-0.2, -0.15) is 23.3 Å². The molecule has 2 aromatic carbocycles. The average molecular weight is 592 g/mol. The molecule has 1 aromatic heterocycles. The van der Waals surface area contributed by atoms with Gasteiger partial charge in [0.1, 0.15) is 22.3 Å².